The third-order valence-corrected chi connectivity index (χ3v) is 5.90. The molecule has 1 aliphatic rings. The standard InChI is InChI=1S/C22H30N4O2/c1-15-6-7-20(12-16(15)2)13-24-10-11-25(14-22(24)28)21(27)8-9-26-19(5)17(3)18(4)23-26/h6-7,12H,8-11,13-14H2,1-5H3. The monoisotopic (exact) mass is 382 g/mol. The number of carbonyl (C=O) groups excluding carboxylic acids is 2. The summed E-state index contributed by atoms with van der Waals surface area (Å²) in [6.45, 7) is 12.7. The van der Waals surface area contributed by atoms with Gasteiger partial charge in [0.1, 0.15) is 0 Å². The lowest BCUT2D eigenvalue weighted by Crippen LogP contribution is -2.51. The van der Waals surface area contributed by atoms with E-state index in [1.165, 1.54) is 16.7 Å². The highest BCUT2D eigenvalue weighted by molar-refractivity contribution is 5.86. The third kappa shape index (κ3) is 4.26. The second-order valence-corrected chi connectivity index (χ2v) is 7.82. The summed E-state index contributed by atoms with van der Waals surface area (Å²) in [6.07, 6.45) is 0.367. The van der Waals surface area contributed by atoms with Crippen molar-refractivity contribution in [2.24, 2.45) is 0 Å². The Morgan fingerprint density at radius 1 is 1.07 bits per heavy atom. The molecule has 0 N–H and O–H groups in total. The van der Waals surface area contributed by atoms with Crippen LogP contribution in [0.5, 0.6) is 0 Å². The number of aryl methyl sites for hydroxylation is 4. The fourth-order valence-electron chi connectivity index (χ4n) is 3.57. The summed E-state index contributed by atoms with van der Waals surface area (Å²) in [5.41, 5.74) is 6.89. The Bertz CT molecular complexity index is 900. The van der Waals surface area contributed by atoms with Crippen molar-refractivity contribution < 1.29 is 9.59 Å². The summed E-state index contributed by atoms with van der Waals surface area (Å²) in [6, 6.07) is 6.30. The van der Waals surface area contributed by atoms with Crippen LogP contribution in [0.15, 0.2) is 18.2 Å². The molecule has 0 bridgehead atoms. The van der Waals surface area contributed by atoms with Gasteiger partial charge in [-0.15, -0.1) is 0 Å². The Morgan fingerprint density at radius 2 is 1.82 bits per heavy atom. The van der Waals surface area contributed by atoms with Gasteiger partial charge < -0.3 is 9.80 Å². The molecular weight excluding hydrogens is 352 g/mol. The van der Waals surface area contributed by atoms with Gasteiger partial charge in [0.15, 0.2) is 0 Å². The molecule has 28 heavy (non-hydrogen) atoms. The molecule has 3 rings (SSSR count). The maximum atomic E-state index is 12.6. The fraction of sp³-hybridized carbons (Fsp3) is 0.500. The first kappa shape index (κ1) is 20.1. The molecule has 1 aromatic heterocycles. The minimum absolute atomic E-state index is 0.0137. The van der Waals surface area contributed by atoms with E-state index in [0.29, 0.717) is 32.6 Å². The van der Waals surface area contributed by atoms with Crippen molar-refractivity contribution in [1.82, 2.24) is 19.6 Å². The highest BCUT2D eigenvalue weighted by atomic mass is 16.2. The maximum absolute atomic E-state index is 12.6. The molecule has 2 amide bonds. The molecule has 0 radical (unpaired) electrons. The zero-order chi connectivity index (χ0) is 20.4. The van der Waals surface area contributed by atoms with Crippen molar-refractivity contribution in [2.75, 3.05) is 19.6 Å². The average molecular weight is 383 g/mol. The van der Waals surface area contributed by atoms with Crippen LogP contribution in [0.2, 0.25) is 0 Å². The molecule has 0 saturated carbocycles. The predicted molar refractivity (Wildman–Crippen MR) is 109 cm³/mol. The van der Waals surface area contributed by atoms with Gasteiger partial charge in [-0.2, -0.15) is 5.10 Å². The number of benzene rings is 1. The molecule has 1 saturated heterocycles. The molecule has 0 unspecified atom stereocenters. The van der Waals surface area contributed by atoms with E-state index in [0.717, 1.165) is 17.0 Å². The second kappa shape index (κ2) is 8.17. The lowest BCUT2D eigenvalue weighted by atomic mass is 10.1. The molecule has 1 aliphatic heterocycles. The highest BCUT2D eigenvalue weighted by Crippen LogP contribution is 2.15. The topological polar surface area (TPSA) is 58.4 Å². The lowest BCUT2D eigenvalue weighted by Gasteiger charge is -2.34. The average Bonchev–Trinajstić information content (AvgIpc) is 2.91. The van der Waals surface area contributed by atoms with Crippen molar-refractivity contribution in [3.05, 3.63) is 51.8 Å². The van der Waals surface area contributed by atoms with Crippen LogP contribution in [0.25, 0.3) is 0 Å². The SMILES string of the molecule is Cc1ccc(CN2CCN(C(=O)CCn3nc(C)c(C)c3C)CC2=O)cc1C. The smallest absolute Gasteiger partial charge is 0.242 e. The van der Waals surface area contributed by atoms with E-state index in [-0.39, 0.29) is 18.4 Å². The Kier molecular flexibility index (Phi) is 5.87. The van der Waals surface area contributed by atoms with Gasteiger partial charge in [0.25, 0.3) is 0 Å². The number of aromatic nitrogens is 2. The van der Waals surface area contributed by atoms with E-state index in [2.05, 4.69) is 37.1 Å². The number of nitrogens with zero attached hydrogens (tertiary/aromatic N) is 4. The Labute approximate surface area is 167 Å². The third-order valence-electron chi connectivity index (χ3n) is 5.90. The van der Waals surface area contributed by atoms with Crippen LogP contribution in [-0.4, -0.2) is 51.0 Å². The van der Waals surface area contributed by atoms with E-state index in [1.54, 1.807) is 4.90 Å². The molecule has 0 atom stereocenters. The van der Waals surface area contributed by atoms with Crippen LogP contribution in [-0.2, 0) is 22.7 Å². The molecule has 0 aliphatic carbocycles. The fourth-order valence-corrected chi connectivity index (χ4v) is 3.57. The molecule has 1 fully saturated rings. The Morgan fingerprint density at radius 3 is 2.43 bits per heavy atom. The normalized spacial score (nSPS) is 14.7. The maximum Gasteiger partial charge on any atom is 0.242 e. The minimum Gasteiger partial charge on any atom is -0.335 e. The van der Waals surface area contributed by atoms with Gasteiger partial charge in [0, 0.05) is 38.3 Å². The van der Waals surface area contributed by atoms with Crippen molar-refractivity contribution in [3.63, 3.8) is 0 Å². The molecule has 1 aromatic carbocycles. The molecule has 6 nitrogen and oxygen atoms in total. The van der Waals surface area contributed by atoms with E-state index < -0.39 is 0 Å². The van der Waals surface area contributed by atoms with Crippen LogP contribution in [0.1, 0.15) is 40.1 Å². The van der Waals surface area contributed by atoms with Crippen LogP contribution >= 0.6 is 0 Å². The van der Waals surface area contributed by atoms with Crippen molar-refractivity contribution in [1.29, 1.82) is 0 Å². The quantitative estimate of drug-likeness (QED) is 0.799. The van der Waals surface area contributed by atoms with Crippen molar-refractivity contribution in [2.45, 2.75) is 54.1 Å². The molecule has 6 heteroatoms. The van der Waals surface area contributed by atoms with Gasteiger partial charge in [-0.05, 0) is 56.9 Å². The van der Waals surface area contributed by atoms with Gasteiger partial charge in [0.05, 0.1) is 12.2 Å². The molecule has 150 valence electrons. The highest BCUT2D eigenvalue weighted by Gasteiger charge is 2.27. The summed E-state index contributed by atoms with van der Waals surface area (Å²) in [7, 11) is 0. The van der Waals surface area contributed by atoms with Crippen LogP contribution in [0.4, 0.5) is 0 Å². The Balaban J connectivity index is 1.54. The summed E-state index contributed by atoms with van der Waals surface area (Å²) in [4.78, 5) is 28.7. The van der Waals surface area contributed by atoms with Crippen molar-refractivity contribution in [3.8, 4) is 0 Å². The minimum atomic E-state index is 0.0137. The lowest BCUT2D eigenvalue weighted by molar-refractivity contribution is -0.145. The number of hydrogen-bond donors (Lipinski definition) is 0. The molecule has 0 spiro atoms. The predicted octanol–water partition coefficient (Wildman–Crippen LogP) is 2.69. The summed E-state index contributed by atoms with van der Waals surface area (Å²) < 4.78 is 1.89. The summed E-state index contributed by atoms with van der Waals surface area (Å²) >= 11 is 0. The van der Waals surface area contributed by atoms with Gasteiger partial charge in [-0.25, -0.2) is 0 Å². The Hall–Kier alpha value is -2.63. The molecular formula is C22H30N4O2. The number of hydrogen-bond acceptors (Lipinski definition) is 3. The van der Waals surface area contributed by atoms with Gasteiger partial charge in [-0.3, -0.25) is 14.3 Å². The number of piperazine rings is 1. The number of amides is 2. The van der Waals surface area contributed by atoms with E-state index in [9.17, 15) is 9.59 Å². The zero-order valence-electron chi connectivity index (χ0n) is 17.6. The molecule has 2 heterocycles. The number of rotatable bonds is 5. The van der Waals surface area contributed by atoms with Crippen LogP contribution in [0, 0.1) is 34.6 Å². The summed E-state index contributed by atoms with van der Waals surface area (Å²) in [5.74, 6) is 0.0316. The second-order valence-electron chi connectivity index (χ2n) is 7.82. The first-order valence-corrected chi connectivity index (χ1v) is 9.88. The van der Waals surface area contributed by atoms with Gasteiger partial charge >= 0.3 is 0 Å². The van der Waals surface area contributed by atoms with E-state index in [4.69, 9.17) is 0 Å². The molecule has 2 aromatic rings. The first-order valence-electron chi connectivity index (χ1n) is 9.88. The van der Waals surface area contributed by atoms with E-state index >= 15 is 0 Å². The van der Waals surface area contributed by atoms with Crippen molar-refractivity contribution >= 4 is 11.8 Å². The summed E-state index contributed by atoms with van der Waals surface area (Å²) in [5, 5.41) is 4.48. The van der Waals surface area contributed by atoms with Gasteiger partial charge in [0.2, 0.25) is 11.8 Å². The zero-order valence-corrected chi connectivity index (χ0v) is 17.6. The largest absolute Gasteiger partial charge is 0.335 e. The van der Waals surface area contributed by atoms with Gasteiger partial charge in [-0.1, -0.05) is 18.2 Å². The van der Waals surface area contributed by atoms with Crippen LogP contribution < -0.4 is 0 Å². The van der Waals surface area contributed by atoms with Crippen LogP contribution in [0.3, 0.4) is 0 Å². The number of carbonyl (C=O) groups is 2. The van der Waals surface area contributed by atoms with E-state index in [1.807, 2.05) is 30.4 Å². The first-order chi connectivity index (χ1) is 13.3.